The van der Waals surface area contributed by atoms with E-state index >= 15 is 0 Å². The van der Waals surface area contributed by atoms with Gasteiger partial charge in [0, 0.05) is 5.56 Å². The molecule has 1 nitrogen and oxygen atoms in total. The van der Waals surface area contributed by atoms with E-state index in [0.717, 1.165) is 50.0 Å². The van der Waals surface area contributed by atoms with Crippen LogP contribution in [0.25, 0.3) is 0 Å². The van der Waals surface area contributed by atoms with Crippen molar-refractivity contribution in [2.45, 2.75) is 58.8 Å². The Hall–Kier alpha value is -1.90. The molecule has 0 spiro atoms. The molecule has 0 N–H and O–H groups in total. The summed E-state index contributed by atoms with van der Waals surface area (Å²) in [4.78, 5) is 0. The fourth-order valence-electron chi connectivity index (χ4n) is 3.81. The second-order valence-corrected chi connectivity index (χ2v) is 7.32. The van der Waals surface area contributed by atoms with Crippen LogP contribution in [0.3, 0.4) is 0 Å². The van der Waals surface area contributed by atoms with Gasteiger partial charge in [0.2, 0.25) is 0 Å². The van der Waals surface area contributed by atoms with Gasteiger partial charge in [-0.2, -0.15) is 0 Å². The molecule has 1 atom stereocenters. The molecule has 0 aliphatic heterocycles. The van der Waals surface area contributed by atoms with Gasteiger partial charge in [-0.1, -0.05) is 19.9 Å². The molecule has 2 aromatic carbocycles. The number of halogens is 2. The van der Waals surface area contributed by atoms with Crippen LogP contribution in [0.5, 0.6) is 5.75 Å². The largest absolute Gasteiger partial charge is 0.494 e. The molecular weight excluding hydrogens is 330 g/mol. The first kappa shape index (κ1) is 18.9. The van der Waals surface area contributed by atoms with E-state index in [1.54, 1.807) is 0 Å². The standard InChI is InChI=1S/C23H28F2O/c1-3-11-26-20-9-8-18-12-17(5-7-19(18)15-20)6-10-21-22(24)13-16(4-2)14-23(21)25/h8-9,13-15,17H,3-7,10-12H2,1-2H3. The SMILES string of the molecule is CCCOc1ccc2c(c1)CCC(CCc1c(F)cc(CC)cc1F)C2. The van der Waals surface area contributed by atoms with E-state index in [2.05, 4.69) is 19.1 Å². The van der Waals surface area contributed by atoms with Crippen LogP contribution in [-0.2, 0) is 25.7 Å². The van der Waals surface area contributed by atoms with Crippen LogP contribution in [0.1, 0.15) is 55.4 Å². The van der Waals surface area contributed by atoms with Gasteiger partial charge >= 0.3 is 0 Å². The summed E-state index contributed by atoms with van der Waals surface area (Å²) in [6.07, 6.45) is 6.03. The molecule has 0 aromatic heterocycles. The van der Waals surface area contributed by atoms with Crippen molar-refractivity contribution in [2.75, 3.05) is 6.61 Å². The van der Waals surface area contributed by atoms with Crippen LogP contribution < -0.4 is 4.74 Å². The lowest BCUT2D eigenvalue weighted by Gasteiger charge is -2.25. The lowest BCUT2D eigenvalue weighted by atomic mass is 9.81. The molecule has 3 heteroatoms. The molecule has 140 valence electrons. The summed E-state index contributed by atoms with van der Waals surface area (Å²) in [5.74, 6) is 0.644. The van der Waals surface area contributed by atoms with E-state index in [9.17, 15) is 8.78 Å². The number of rotatable bonds is 7. The Morgan fingerprint density at radius 1 is 1.04 bits per heavy atom. The first-order valence-corrected chi connectivity index (χ1v) is 9.82. The van der Waals surface area contributed by atoms with Gasteiger partial charge in [-0.05, 0) is 91.8 Å². The van der Waals surface area contributed by atoms with Crippen molar-refractivity contribution in [3.05, 3.63) is 64.2 Å². The van der Waals surface area contributed by atoms with Crippen molar-refractivity contribution in [2.24, 2.45) is 5.92 Å². The number of hydrogen-bond acceptors (Lipinski definition) is 1. The van der Waals surface area contributed by atoms with Gasteiger partial charge in [-0.15, -0.1) is 0 Å². The summed E-state index contributed by atoms with van der Waals surface area (Å²) in [5, 5.41) is 0. The maximum Gasteiger partial charge on any atom is 0.129 e. The van der Waals surface area contributed by atoms with Crippen LogP contribution in [0.4, 0.5) is 8.78 Å². The van der Waals surface area contributed by atoms with Crippen LogP contribution in [0, 0.1) is 17.6 Å². The molecule has 0 amide bonds. The van der Waals surface area contributed by atoms with Crippen LogP contribution in [0.2, 0.25) is 0 Å². The molecular formula is C23H28F2O. The van der Waals surface area contributed by atoms with Crippen LogP contribution in [0.15, 0.2) is 30.3 Å². The second kappa shape index (κ2) is 8.66. The Balaban J connectivity index is 1.62. The molecule has 3 rings (SSSR count). The average Bonchev–Trinajstić information content (AvgIpc) is 2.65. The molecule has 0 saturated carbocycles. The smallest absolute Gasteiger partial charge is 0.129 e. The Morgan fingerprint density at radius 3 is 2.50 bits per heavy atom. The Bertz CT molecular complexity index is 731. The van der Waals surface area contributed by atoms with Gasteiger partial charge in [0.15, 0.2) is 0 Å². The first-order chi connectivity index (χ1) is 12.6. The molecule has 0 fully saturated rings. The van der Waals surface area contributed by atoms with Gasteiger partial charge in [0.1, 0.15) is 17.4 Å². The lowest BCUT2D eigenvalue weighted by Crippen LogP contribution is -2.16. The van der Waals surface area contributed by atoms with Crippen molar-refractivity contribution in [1.29, 1.82) is 0 Å². The zero-order valence-electron chi connectivity index (χ0n) is 15.8. The molecule has 1 unspecified atom stereocenters. The summed E-state index contributed by atoms with van der Waals surface area (Å²) >= 11 is 0. The number of fused-ring (bicyclic) bond motifs is 1. The number of ether oxygens (including phenoxy) is 1. The van der Waals surface area contributed by atoms with Crippen molar-refractivity contribution in [1.82, 2.24) is 0 Å². The molecule has 2 aromatic rings. The molecule has 0 radical (unpaired) electrons. The predicted molar refractivity (Wildman–Crippen MR) is 102 cm³/mol. The van der Waals surface area contributed by atoms with E-state index in [0.29, 0.717) is 18.8 Å². The van der Waals surface area contributed by atoms with Crippen LogP contribution in [-0.4, -0.2) is 6.61 Å². The van der Waals surface area contributed by atoms with Gasteiger partial charge in [-0.25, -0.2) is 8.78 Å². The highest BCUT2D eigenvalue weighted by molar-refractivity contribution is 5.37. The molecule has 1 aliphatic carbocycles. The fraction of sp³-hybridized carbons (Fsp3) is 0.478. The molecule has 0 bridgehead atoms. The maximum atomic E-state index is 14.2. The molecule has 0 saturated heterocycles. The number of aryl methyl sites for hydroxylation is 2. The van der Waals surface area contributed by atoms with Crippen molar-refractivity contribution < 1.29 is 13.5 Å². The molecule has 0 heterocycles. The van der Waals surface area contributed by atoms with Gasteiger partial charge in [0.05, 0.1) is 6.61 Å². The van der Waals surface area contributed by atoms with Gasteiger partial charge < -0.3 is 4.74 Å². The van der Waals surface area contributed by atoms with E-state index in [1.807, 2.05) is 13.0 Å². The molecule has 26 heavy (non-hydrogen) atoms. The first-order valence-electron chi connectivity index (χ1n) is 9.82. The Kier molecular flexibility index (Phi) is 6.29. The summed E-state index contributed by atoms with van der Waals surface area (Å²) in [6, 6.07) is 9.31. The summed E-state index contributed by atoms with van der Waals surface area (Å²) in [7, 11) is 0. The highest BCUT2D eigenvalue weighted by Gasteiger charge is 2.20. The third kappa shape index (κ3) is 4.44. The summed E-state index contributed by atoms with van der Waals surface area (Å²) in [6.45, 7) is 4.76. The number of hydrogen-bond donors (Lipinski definition) is 0. The van der Waals surface area contributed by atoms with Crippen LogP contribution >= 0.6 is 0 Å². The normalized spacial score (nSPS) is 16.4. The minimum Gasteiger partial charge on any atom is -0.494 e. The lowest BCUT2D eigenvalue weighted by molar-refractivity contribution is 0.316. The minimum atomic E-state index is -0.393. The summed E-state index contributed by atoms with van der Waals surface area (Å²) in [5.41, 5.74) is 3.68. The van der Waals surface area contributed by atoms with E-state index < -0.39 is 11.6 Å². The highest BCUT2D eigenvalue weighted by atomic mass is 19.1. The Morgan fingerprint density at radius 2 is 1.81 bits per heavy atom. The minimum absolute atomic E-state index is 0.247. The van der Waals surface area contributed by atoms with E-state index in [-0.39, 0.29) is 5.56 Å². The Labute approximate surface area is 155 Å². The number of benzene rings is 2. The zero-order chi connectivity index (χ0) is 18.5. The van der Waals surface area contributed by atoms with Gasteiger partial charge in [0.25, 0.3) is 0 Å². The monoisotopic (exact) mass is 358 g/mol. The topological polar surface area (TPSA) is 9.23 Å². The van der Waals surface area contributed by atoms with Gasteiger partial charge in [-0.3, -0.25) is 0 Å². The quantitative estimate of drug-likeness (QED) is 0.585. The predicted octanol–water partition coefficient (Wildman–Crippen LogP) is 6.05. The highest BCUT2D eigenvalue weighted by Crippen LogP contribution is 2.31. The fourth-order valence-corrected chi connectivity index (χ4v) is 3.81. The van der Waals surface area contributed by atoms with Crippen molar-refractivity contribution >= 4 is 0 Å². The maximum absolute atomic E-state index is 14.2. The second-order valence-electron chi connectivity index (χ2n) is 7.32. The zero-order valence-corrected chi connectivity index (χ0v) is 15.8. The average molecular weight is 358 g/mol. The summed E-state index contributed by atoms with van der Waals surface area (Å²) < 4.78 is 34.1. The van der Waals surface area contributed by atoms with E-state index in [4.69, 9.17) is 4.74 Å². The molecule has 1 aliphatic rings. The third-order valence-corrected chi connectivity index (χ3v) is 5.39. The third-order valence-electron chi connectivity index (χ3n) is 5.39. The van der Waals surface area contributed by atoms with Crippen molar-refractivity contribution in [3.63, 3.8) is 0 Å². The van der Waals surface area contributed by atoms with Crippen molar-refractivity contribution in [3.8, 4) is 5.75 Å². The van der Waals surface area contributed by atoms with E-state index in [1.165, 1.54) is 23.3 Å².